The Morgan fingerprint density at radius 3 is 2.83 bits per heavy atom. The molecule has 0 aliphatic heterocycles. The fraction of sp³-hybridized carbons (Fsp3) is 0.778. The normalized spacial score (nSPS) is 12.2. The van der Waals surface area contributed by atoms with Crippen LogP contribution in [0, 0.1) is 0 Å². The first kappa shape index (κ1) is 15.0. The predicted octanol–water partition coefficient (Wildman–Crippen LogP) is -1.53. The van der Waals surface area contributed by atoms with Crippen LogP contribution in [0.25, 0.3) is 0 Å². The molecule has 0 spiro atoms. The van der Waals surface area contributed by atoms with Crippen LogP contribution in [0.2, 0.25) is 0 Å². The van der Waals surface area contributed by atoms with Gasteiger partial charge in [0.25, 0.3) is 10.2 Å². The minimum Gasteiger partial charge on any atom is -0.330 e. The summed E-state index contributed by atoms with van der Waals surface area (Å²) in [5.74, 6) is 0.616. The van der Waals surface area contributed by atoms with E-state index in [9.17, 15) is 8.42 Å². The lowest BCUT2D eigenvalue weighted by Gasteiger charge is -2.16. The Bertz CT molecular complexity index is 457. The third-order valence-corrected chi connectivity index (χ3v) is 3.94. The highest BCUT2D eigenvalue weighted by atomic mass is 32.2. The van der Waals surface area contributed by atoms with Gasteiger partial charge in [0, 0.05) is 33.6 Å². The summed E-state index contributed by atoms with van der Waals surface area (Å²) in [6.07, 6.45) is 2.68. The van der Waals surface area contributed by atoms with E-state index in [1.807, 2.05) is 0 Å². The molecular weight excluding hydrogens is 256 g/mol. The highest BCUT2D eigenvalue weighted by Gasteiger charge is 2.16. The number of aryl methyl sites for hydroxylation is 1. The maximum absolute atomic E-state index is 11.8. The summed E-state index contributed by atoms with van der Waals surface area (Å²) in [5.41, 5.74) is 5.34. The van der Waals surface area contributed by atoms with Gasteiger partial charge in [0.1, 0.15) is 6.33 Å². The molecule has 0 aliphatic rings. The van der Waals surface area contributed by atoms with Gasteiger partial charge < -0.3 is 5.73 Å². The number of rotatable bonds is 8. The number of nitrogens with zero attached hydrogens (tertiary/aromatic N) is 4. The van der Waals surface area contributed by atoms with Crippen molar-refractivity contribution in [3.05, 3.63) is 12.2 Å². The van der Waals surface area contributed by atoms with E-state index in [2.05, 4.69) is 14.8 Å². The molecule has 0 atom stereocenters. The molecule has 0 amide bonds. The molecule has 0 aliphatic carbocycles. The molecule has 9 heteroatoms. The maximum atomic E-state index is 11.8. The summed E-state index contributed by atoms with van der Waals surface area (Å²) in [7, 11) is -0.140. The van der Waals surface area contributed by atoms with Crippen molar-refractivity contribution in [1.82, 2.24) is 23.8 Å². The fourth-order valence-electron chi connectivity index (χ4n) is 1.33. The Kier molecular flexibility index (Phi) is 5.66. The van der Waals surface area contributed by atoms with E-state index >= 15 is 0 Å². The van der Waals surface area contributed by atoms with E-state index in [1.54, 1.807) is 18.1 Å². The van der Waals surface area contributed by atoms with Crippen LogP contribution in [0.3, 0.4) is 0 Å². The summed E-state index contributed by atoms with van der Waals surface area (Å²) < 4.78 is 28.8. The van der Waals surface area contributed by atoms with Crippen LogP contribution in [0.4, 0.5) is 0 Å². The van der Waals surface area contributed by atoms with E-state index in [0.29, 0.717) is 31.8 Å². The van der Waals surface area contributed by atoms with Crippen molar-refractivity contribution in [2.45, 2.75) is 12.8 Å². The van der Waals surface area contributed by atoms with Crippen molar-refractivity contribution in [3.8, 4) is 0 Å². The van der Waals surface area contributed by atoms with E-state index in [-0.39, 0.29) is 6.54 Å². The second-order valence-corrected chi connectivity index (χ2v) is 5.81. The van der Waals surface area contributed by atoms with Crippen molar-refractivity contribution in [2.75, 3.05) is 26.7 Å². The smallest absolute Gasteiger partial charge is 0.279 e. The molecule has 3 N–H and O–H groups in total. The molecule has 0 saturated heterocycles. The zero-order chi connectivity index (χ0) is 13.6. The number of nitrogens with one attached hydrogen (secondary N) is 1. The fourth-order valence-corrected chi connectivity index (χ4v) is 2.28. The average molecular weight is 276 g/mol. The number of hydrogen-bond acceptors (Lipinski definition) is 5. The number of nitrogens with two attached hydrogens (primary N) is 1. The molecule has 8 nitrogen and oxygen atoms in total. The van der Waals surface area contributed by atoms with Crippen LogP contribution >= 0.6 is 0 Å². The van der Waals surface area contributed by atoms with Gasteiger partial charge in [-0.1, -0.05) is 0 Å². The van der Waals surface area contributed by atoms with Crippen molar-refractivity contribution < 1.29 is 8.42 Å². The van der Waals surface area contributed by atoms with Gasteiger partial charge in [-0.2, -0.15) is 17.8 Å². The van der Waals surface area contributed by atoms with Crippen molar-refractivity contribution in [3.63, 3.8) is 0 Å². The second kappa shape index (κ2) is 6.78. The van der Waals surface area contributed by atoms with Crippen molar-refractivity contribution in [1.29, 1.82) is 0 Å². The zero-order valence-corrected chi connectivity index (χ0v) is 11.5. The molecule has 0 saturated carbocycles. The lowest BCUT2D eigenvalue weighted by atomic mass is 10.4. The summed E-state index contributed by atoms with van der Waals surface area (Å²) >= 11 is 0. The molecular formula is C9H20N6O2S. The largest absolute Gasteiger partial charge is 0.330 e. The predicted molar refractivity (Wildman–Crippen MR) is 67.9 cm³/mol. The Morgan fingerprint density at radius 1 is 1.56 bits per heavy atom. The number of aromatic nitrogens is 3. The topological polar surface area (TPSA) is 106 Å². The van der Waals surface area contributed by atoms with Gasteiger partial charge in [-0.3, -0.25) is 4.68 Å². The van der Waals surface area contributed by atoms with Crippen LogP contribution in [-0.2, 0) is 23.7 Å². The van der Waals surface area contributed by atoms with E-state index in [4.69, 9.17) is 5.73 Å². The van der Waals surface area contributed by atoms with E-state index in [1.165, 1.54) is 11.4 Å². The maximum Gasteiger partial charge on any atom is 0.279 e. The van der Waals surface area contributed by atoms with Crippen LogP contribution in [0.1, 0.15) is 12.2 Å². The minimum absolute atomic E-state index is 0.277. The second-order valence-electron chi connectivity index (χ2n) is 3.95. The van der Waals surface area contributed by atoms with Gasteiger partial charge in [-0.25, -0.2) is 9.71 Å². The Hall–Kier alpha value is -1.03. The van der Waals surface area contributed by atoms with E-state index in [0.717, 1.165) is 0 Å². The molecule has 1 aromatic rings. The van der Waals surface area contributed by atoms with Gasteiger partial charge in [0.05, 0.1) is 0 Å². The third kappa shape index (κ3) is 4.69. The van der Waals surface area contributed by atoms with Gasteiger partial charge in [0.15, 0.2) is 5.82 Å². The molecule has 1 heterocycles. The van der Waals surface area contributed by atoms with Crippen LogP contribution in [-0.4, -0.2) is 54.2 Å². The molecule has 1 rings (SSSR count). The molecule has 0 radical (unpaired) electrons. The standard InChI is InChI=1S/C9H20N6O2S/c1-14-8-11-9(13-14)4-6-12-18(16,17)15(2)7-3-5-10/h8,12H,3-7,10H2,1-2H3. The molecule has 18 heavy (non-hydrogen) atoms. The van der Waals surface area contributed by atoms with Gasteiger partial charge >= 0.3 is 0 Å². The molecule has 104 valence electrons. The Morgan fingerprint density at radius 2 is 2.28 bits per heavy atom. The average Bonchev–Trinajstić information content (AvgIpc) is 2.71. The first-order valence-electron chi connectivity index (χ1n) is 5.71. The first-order chi connectivity index (χ1) is 8.45. The Labute approximate surface area is 107 Å². The summed E-state index contributed by atoms with van der Waals surface area (Å²) in [5, 5.41) is 4.07. The monoisotopic (exact) mass is 276 g/mol. The van der Waals surface area contributed by atoms with Crippen LogP contribution in [0.15, 0.2) is 6.33 Å². The zero-order valence-electron chi connectivity index (χ0n) is 10.7. The van der Waals surface area contributed by atoms with Crippen molar-refractivity contribution in [2.24, 2.45) is 12.8 Å². The van der Waals surface area contributed by atoms with Gasteiger partial charge in [-0.15, -0.1) is 0 Å². The summed E-state index contributed by atoms with van der Waals surface area (Å²) in [6.45, 7) is 1.16. The molecule has 0 fully saturated rings. The lowest BCUT2D eigenvalue weighted by molar-refractivity contribution is 0.453. The number of hydrogen-bond donors (Lipinski definition) is 2. The first-order valence-corrected chi connectivity index (χ1v) is 7.15. The quantitative estimate of drug-likeness (QED) is 0.599. The van der Waals surface area contributed by atoms with Gasteiger partial charge in [-0.05, 0) is 13.0 Å². The van der Waals surface area contributed by atoms with Crippen LogP contribution < -0.4 is 10.5 Å². The highest BCUT2D eigenvalue weighted by Crippen LogP contribution is 1.96. The summed E-state index contributed by atoms with van der Waals surface area (Å²) in [6, 6.07) is 0. The van der Waals surface area contributed by atoms with Crippen molar-refractivity contribution >= 4 is 10.2 Å². The highest BCUT2D eigenvalue weighted by molar-refractivity contribution is 7.87. The third-order valence-electron chi connectivity index (χ3n) is 2.37. The lowest BCUT2D eigenvalue weighted by Crippen LogP contribution is -2.40. The van der Waals surface area contributed by atoms with Gasteiger partial charge in [0.2, 0.25) is 0 Å². The Balaban J connectivity index is 2.37. The molecule has 0 unspecified atom stereocenters. The molecule has 1 aromatic heterocycles. The van der Waals surface area contributed by atoms with Crippen LogP contribution in [0.5, 0.6) is 0 Å². The SMILES string of the molecule is CN(CCCN)S(=O)(=O)NCCc1ncn(C)n1. The van der Waals surface area contributed by atoms with E-state index < -0.39 is 10.2 Å². The summed E-state index contributed by atoms with van der Waals surface area (Å²) in [4.78, 5) is 4.02. The molecule has 0 aromatic carbocycles. The molecule has 0 bridgehead atoms. The minimum atomic E-state index is -3.43.